The largest absolute Gasteiger partial charge is 0.493 e. The average molecular weight is 381 g/mol. The molecule has 0 radical (unpaired) electrons. The minimum Gasteiger partial charge on any atom is -0.493 e. The van der Waals surface area contributed by atoms with Gasteiger partial charge in [0.1, 0.15) is 18.6 Å². The van der Waals surface area contributed by atoms with Crippen LogP contribution in [0, 0.1) is 13.8 Å². The van der Waals surface area contributed by atoms with Gasteiger partial charge in [-0.05, 0) is 38.0 Å². The summed E-state index contributed by atoms with van der Waals surface area (Å²) in [6.45, 7) is 5.22. The molecule has 1 aromatic carbocycles. The Morgan fingerprint density at radius 3 is 2.64 bits per heavy atom. The molecule has 28 heavy (non-hydrogen) atoms. The highest BCUT2D eigenvalue weighted by atomic mass is 16.5. The Balaban J connectivity index is 1.70. The summed E-state index contributed by atoms with van der Waals surface area (Å²) in [6, 6.07) is 7.48. The predicted octanol–water partition coefficient (Wildman–Crippen LogP) is 2.67. The molecule has 8 heteroatoms. The lowest BCUT2D eigenvalue weighted by Gasteiger charge is -2.08. The van der Waals surface area contributed by atoms with E-state index in [2.05, 4.69) is 28.5 Å². The number of aryl methyl sites for hydroxylation is 2. The van der Waals surface area contributed by atoms with Crippen LogP contribution in [0.15, 0.2) is 30.6 Å². The van der Waals surface area contributed by atoms with Crippen molar-refractivity contribution >= 4 is 16.7 Å². The first-order chi connectivity index (χ1) is 13.6. The summed E-state index contributed by atoms with van der Waals surface area (Å²) in [7, 11) is 1.61. The number of rotatable bonds is 7. The monoisotopic (exact) mass is 381 g/mol. The van der Waals surface area contributed by atoms with Crippen LogP contribution in [-0.4, -0.2) is 43.0 Å². The molecule has 0 fully saturated rings. The summed E-state index contributed by atoms with van der Waals surface area (Å²) >= 11 is 0. The fourth-order valence-electron chi connectivity index (χ4n) is 3.42. The predicted molar refractivity (Wildman–Crippen MR) is 105 cm³/mol. The molecule has 0 aliphatic rings. The summed E-state index contributed by atoms with van der Waals surface area (Å²) in [5.41, 5.74) is 3.86. The maximum absolute atomic E-state index is 9.18. The van der Waals surface area contributed by atoms with Gasteiger partial charge in [-0.25, -0.2) is 14.5 Å². The van der Waals surface area contributed by atoms with Crippen molar-refractivity contribution in [3.63, 3.8) is 0 Å². The fourth-order valence-corrected chi connectivity index (χ4v) is 3.42. The molecule has 0 aliphatic heterocycles. The maximum atomic E-state index is 9.18. The van der Waals surface area contributed by atoms with Crippen LogP contribution in [0.2, 0.25) is 0 Å². The lowest BCUT2D eigenvalue weighted by molar-refractivity contribution is 0.276. The summed E-state index contributed by atoms with van der Waals surface area (Å²) < 4.78 is 15.0. The average Bonchev–Trinajstić information content (AvgIpc) is 3.24. The van der Waals surface area contributed by atoms with Gasteiger partial charge in [-0.2, -0.15) is 0 Å². The Morgan fingerprint density at radius 2 is 1.89 bits per heavy atom. The molecule has 4 aromatic rings. The van der Waals surface area contributed by atoms with Gasteiger partial charge >= 0.3 is 0 Å². The van der Waals surface area contributed by atoms with Gasteiger partial charge in [0.25, 0.3) is 0 Å². The van der Waals surface area contributed by atoms with Crippen molar-refractivity contribution in [3.05, 3.63) is 47.7 Å². The normalized spacial score (nSPS) is 11.4. The zero-order chi connectivity index (χ0) is 19.7. The molecule has 0 atom stereocenters. The lowest BCUT2D eigenvalue weighted by Crippen LogP contribution is -2.03. The molecule has 4 rings (SSSR count). The highest BCUT2D eigenvalue weighted by molar-refractivity contribution is 5.93. The van der Waals surface area contributed by atoms with Gasteiger partial charge in [0.2, 0.25) is 0 Å². The Hall–Kier alpha value is -3.13. The topological polar surface area (TPSA) is 86.7 Å². The third kappa shape index (κ3) is 3.05. The third-order valence-electron chi connectivity index (χ3n) is 4.96. The Labute approximate surface area is 162 Å². The number of ether oxygens (including phenoxy) is 2. The van der Waals surface area contributed by atoms with E-state index in [0.29, 0.717) is 30.3 Å². The molecule has 0 unspecified atom stereocenters. The van der Waals surface area contributed by atoms with E-state index in [-0.39, 0.29) is 13.2 Å². The van der Waals surface area contributed by atoms with Crippen LogP contribution in [0.3, 0.4) is 0 Å². The number of methoxy groups -OCH3 is 1. The number of fused-ring (bicyclic) bond motifs is 3. The number of hydrogen-bond donors (Lipinski definition) is 1. The zero-order valence-electron chi connectivity index (χ0n) is 16.2. The third-order valence-corrected chi connectivity index (χ3v) is 4.96. The summed E-state index contributed by atoms with van der Waals surface area (Å²) in [4.78, 5) is 9.27. The SMILES string of the molecule is COc1ccccc1OCc1nc2c3c(C)c(C)n(CCCO)c3ncn2n1. The van der Waals surface area contributed by atoms with Crippen LogP contribution in [0.1, 0.15) is 23.5 Å². The molecule has 0 saturated carbocycles. The molecular weight excluding hydrogens is 358 g/mol. The number of benzene rings is 1. The first-order valence-electron chi connectivity index (χ1n) is 9.20. The standard InChI is InChI=1S/C20H23N5O3/c1-13-14(2)24(9-6-10-26)19-18(13)20-22-17(23-25(20)12-21-19)11-28-16-8-5-4-7-15(16)27-3/h4-5,7-8,12,26H,6,9-11H2,1-3H3. The van der Waals surface area contributed by atoms with E-state index in [1.54, 1.807) is 18.0 Å². The highest BCUT2D eigenvalue weighted by Gasteiger charge is 2.18. The number of aliphatic hydroxyl groups is 1. The Morgan fingerprint density at radius 1 is 1.11 bits per heavy atom. The van der Waals surface area contributed by atoms with Crippen molar-refractivity contribution < 1.29 is 14.6 Å². The summed E-state index contributed by atoms with van der Waals surface area (Å²) in [5, 5.41) is 14.7. The second-order valence-corrected chi connectivity index (χ2v) is 6.62. The smallest absolute Gasteiger partial charge is 0.189 e. The van der Waals surface area contributed by atoms with E-state index in [0.717, 1.165) is 27.9 Å². The molecule has 0 saturated heterocycles. The molecule has 3 aromatic heterocycles. The van der Waals surface area contributed by atoms with Crippen LogP contribution in [0.4, 0.5) is 0 Å². The molecule has 0 amide bonds. The summed E-state index contributed by atoms with van der Waals surface area (Å²) in [6.07, 6.45) is 2.35. The lowest BCUT2D eigenvalue weighted by atomic mass is 10.2. The van der Waals surface area contributed by atoms with E-state index >= 15 is 0 Å². The second kappa shape index (κ2) is 7.47. The van der Waals surface area contributed by atoms with Gasteiger partial charge < -0.3 is 19.1 Å². The van der Waals surface area contributed by atoms with Gasteiger partial charge in [0.05, 0.1) is 12.5 Å². The van der Waals surface area contributed by atoms with E-state index in [4.69, 9.17) is 14.5 Å². The van der Waals surface area contributed by atoms with Crippen molar-refractivity contribution in [2.75, 3.05) is 13.7 Å². The number of aliphatic hydroxyl groups excluding tert-OH is 1. The number of para-hydroxylation sites is 2. The quantitative estimate of drug-likeness (QED) is 0.530. The maximum Gasteiger partial charge on any atom is 0.189 e. The zero-order valence-corrected chi connectivity index (χ0v) is 16.2. The first kappa shape index (κ1) is 18.2. The van der Waals surface area contributed by atoms with Gasteiger partial charge in [0, 0.05) is 18.8 Å². The van der Waals surface area contributed by atoms with Gasteiger partial charge in [-0.15, -0.1) is 5.10 Å². The van der Waals surface area contributed by atoms with Crippen molar-refractivity contribution in [3.8, 4) is 11.5 Å². The minimum atomic E-state index is 0.149. The first-order valence-corrected chi connectivity index (χ1v) is 9.20. The van der Waals surface area contributed by atoms with Gasteiger partial charge in [-0.1, -0.05) is 12.1 Å². The molecule has 1 N–H and O–H groups in total. The number of aromatic nitrogens is 5. The highest BCUT2D eigenvalue weighted by Crippen LogP contribution is 2.28. The van der Waals surface area contributed by atoms with Crippen LogP contribution in [0.5, 0.6) is 11.5 Å². The van der Waals surface area contributed by atoms with Crippen molar-refractivity contribution in [1.29, 1.82) is 0 Å². The Bertz CT molecular complexity index is 1130. The van der Waals surface area contributed by atoms with Gasteiger partial charge in [-0.3, -0.25) is 0 Å². The van der Waals surface area contributed by atoms with E-state index < -0.39 is 0 Å². The van der Waals surface area contributed by atoms with Crippen LogP contribution < -0.4 is 9.47 Å². The molecule has 0 aliphatic carbocycles. The van der Waals surface area contributed by atoms with Crippen molar-refractivity contribution in [2.24, 2.45) is 0 Å². The van der Waals surface area contributed by atoms with Crippen LogP contribution in [-0.2, 0) is 13.2 Å². The van der Waals surface area contributed by atoms with Crippen molar-refractivity contribution in [1.82, 2.24) is 24.1 Å². The molecule has 3 heterocycles. The molecule has 8 nitrogen and oxygen atoms in total. The Kier molecular flexibility index (Phi) is 4.87. The van der Waals surface area contributed by atoms with Crippen LogP contribution >= 0.6 is 0 Å². The minimum absolute atomic E-state index is 0.149. The summed E-state index contributed by atoms with van der Waals surface area (Å²) in [5.74, 6) is 1.89. The molecular formula is C20H23N5O3. The van der Waals surface area contributed by atoms with E-state index in [1.165, 1.54) is 0 Å². The van der Waals surface area contributed by atoms with E-state index in [9.17, 15) is 5.11 Å². The molecule has 0 bridgehead atoms. The van der Waals surface area contributed by atoms with E-state index in [1.807, 2.05) is 24.3 Å². The number of nitrogens with zero attached hydrogens (tertiary/aromatic N) is 5. The van der Waals surface area contributed by atoms with Crippen molar-refractivity contribution in [2.45, 2.75) is 33.4 Å². The molecule has 0 spiro atoms. The van der Waals surface area contributed by atoms with Crippen LogP contribution in [0.25, 0.3) is 16.7 Å². The number of hydrogen-bond acceptors (Lipinski definition) is 6. The second-order valence-electron chi connectivity index (χ2n) is 6.62. The van der Waals surface area contributed by atoms with Gasteiger partial charge in [0.15, 0.2) is 23.0 Å². The molecule has 146 valence electrons. The fraction of sp³-hybridized carbons (Fsp3) is 0.350.